The second-order valence-electron chi connectivity index (χ2n) is 8.46. The molecule has 0 aliphatic heterocycles. The quantitative estimate of drug-likeness (QED) is 0.553. The van der Waals surface area contributed by atoms with Crippen LogP contribution in [-0.4, -0.2) is 46.0 Å². The van der Waals surface area contributed by atoms with E-state index in [4.69, 9.17) is 9.73 Å². The molecule has 7 heteroatoms. The molecule has 0 radical (unpaired) electrons. The zero-order chi connectivity index (χ0) is 20.1. The van der Waals surface area contributed by atoms with Gasteiger partial charge in [0.25, 0.3) is 0 Å². The summed E-state index contributed by atoms with van der Waals surface area (Å²) in [6.45, 7) is 7.05. The molecule has 28 heavy (non-hydrogen) atoms. The zero-order valence-corrected chi connectivity index (χ0v) is 18.3. The molecule has 3 rings (SSSR count). The van der Waals surface area contributed by atoms with Crippen molar-refractivity contribution in [2.45, 2.75) is 96.9 Å². The van der Waals surface area contributed by atoms with Crippen LogP contribution < -0.4 is 10.6 Å². The highest BCUT2D eigenvalue weighted by molar-refractivity contribution is 5.80. The number of hydrogen-bond acceptors (Lipinski definition) is 4. The Morgan fingerprint density at radius 2 is 1.89 bits per heavy atom. The van der Waals surface area contributed by atoms with Crippen molar-refractivity contribution in [3.63, 3.8) is 0 Å². The summed E-state index contributed by atoms with van der Waals surface area (Å²) in [4.78, 5) is 4.90. The molecule has 0 amide bonds. The van der Waals surface area contributed by atoms with Crippen molar-refractivity contribution < 1.29 is 4.74 Å². The van der Waals surface area contributed by atoms with Gasteiger partial charge in [-0.15, -0.1) is 10.2 Å². The van der Waals surface area contributed by atoms with E-state index in [9.17, 15) is 0 Å². The summed E-state index contributed by atoms with van der Waals surface area (Å²) < 4.78 is 7.78. The predicted octanol–water partition coefficient (Wildman–Crippen LogP) is 3.09. The van der Waals surface area contributed by atoms with Crippen LogP contribution in [0, 0.1) is 12.3 Å². The third-order valence-corrected chi connectivity index (χ3v) is 7.20. The largest absolute Gasteiger partial charge is 0.381 e. The summed E-state index contributed by atoms with van der Waals surface area (Å²) in [5.74, 6) is 2.72. The molecule has 2 atom stereocenters. The third-order valence-electron chi connectivity index (χ3n) is 7.20. The van der Waals surface area contributed by atoms with Gasteiger partial charge in [-0.3, -0.25) is 0 Å². The van der Waals surface area contributed by atoms with Gasteiger partial charge >= 0.3 is 0 Å². The molecule has 158 valence electrons. The molecule has 2 N–H and O–H groups in total. The molecular formula is C21H38N6O. The lowest BCUT2D eigenvalue weighted by Crippen LogP contribution is -2.66. The van der Waals surface area contributed by atoms with E-state index >= 15 is 0 Å². The Morgan fingerprint density at radius 1 is 1.18 bits per heavy atom. The van der Waals surface area contributed by atoms with Crippen LogP contribution in [0.5, 0.6) is 0 Å². The minimum Gasteiger partial charge on any atom is -0.381 e. The summed E-state index contributed by atoms with van der Waals surface area (Å²) in [5, 5.41) is 15.9. The number of nitrogens with zero attached hydrogens (tertiary/aromatic N) is 4. The highest BCUT2D eigenvalue weighted by atomic mass is 16.5. The Hall–Kier alpha value is -1.63. The summed E-state index contributed by atoms with van der Waals surface area (Å²) >= 11 is 0. The maximum Gasteiger partial charge on any atom is 0.192 e. The summed E-state index contributed by atoms with van der Waals surface area (Å²) in [6.07, 6.45) is 9.99. The predicted molar refractivity (Wildman–Crippen MR) is 112 cm³/mol. The second-order valence-corrected chi connectivity index (χ2v) is 8.46. The summed E-state index contributed by atoms with van der Waals surface area (Å²) in [5.41, 5.74) is 0.186. The number of aryl methyl sites for hydroxylation is 1. The van der Waals surface area contributed by atoms with E-state index in [-0.39, 0.29) is 5.41 Å². The fourth-order valence-corrected chi connectivity index (χ4v) is 4.96. The maximum absolute atomic E-state index is 5.77. The molecule has 2 unspecified atom stereocenters. The molecule has 2 aliphatic carbocycles. The fourth-order valence-electron chi connectivity index (χ4n) is 4.96. The van der Waals surface area contributed by atoms with E-state index in [1.165, 1.54) is 32.1 Å². The van der Waals surface area contributed by atoms with Gasteiger partial charge < -0.3 is 19.9 Å². The molecule has 0 spiro atoms. The van der Waals surface area contributed by atoms with Crippen LogP contribution in [-0.2, 0) is 18.3 Å². The van der Waals surface area contributed by atoms with Crippen LogP contribution in [0.4, 0.5) is 0 Å². The molecule has 1 heterocycles. The highest BCUT2D eigenvalue weighted by Crippen LogP contribution is 2.48. The Bertz CT molecular complexity index is 660. The van der Waals surface area contributed by atoms with E-state index in [2.05, 4.69) is 34.7 Å². The normalized spacial score (nSPS) is 25.4. The molecule has 2 aliphatic rings. The highest BCUT2D eigenvalue weighted by Gasteiger charge is 2.53. The monoisotopic (exact) mass is 390 g/mol. The number of methoxy groups -OCH3 is 1. The minimum atomic E-state index is 0.186. The number of nitrogens with one attached hydrogen (secondary N) is 2. The number of hydrogen-bond donors (Lipinski definition) is 2. The van der Waals surface area contributed by atoms with Gasteiger partial charge in [0.1, 0.15) is 12.4 Å². The number of guanidine groups is 1. The van der Waals surface area contributed by atoms with Crippen molar-refractivity contribution in [3.8, 4) is 0 Å². The van der Waals surface area contributed by atoms with Crippen LogP contribution in [0.25, 0.3) is 0 Å². The van der Waals surface area contributed by atoms with Gasteiger partial charge in [0, 0.05) is 31.7 Å². The van der Waals surface area contributed by atoms with E-state index in [0.717, 1.165) is 36.9 Å². The molecule has 1 aromatic rings. The molecule has 0 aromatic carbocycles. The number of rotatable bonds is 7. The molecule has 7 nitrogen and oxygen atoms in total. The second kappa shape index (κ2) is 9.25. The average molecular weight is 391 g/mol. The van der Waals surface area contributed by atoms with Crippen LogP contribution in [0.1, 0.15) is 76.9 Å². The standard InChI is InChI=1S/C21H38N6O/c1-6-21(7-2)17(13-18(21)28-5)24-20(23-16-11-9-8-10-12-16)22-14-19-26-25-15(3)27(19)4/h16-18H,6-14H2,1-5H3,(H2,22,23,24). The number of aromatic nitrogens is 3. The van der Waals surface area contributed by atoms with Gasteiger partial charge in [0.2, 0.25) is 0 Å². The SMILES string of the molecule is CCC1(CC)C(NC(=NCc2nnc(C)n2C)NC2CCCCC2)CC1OC. The first kappa shape index (κ1) is 21.1. The molecule has 2 saturated carbocycles. The smallest absolute Gasteiger partial charge is 0.192 e. The Morgan fingerprint density at radius 3 is 2.46 bits per heavy atom. The molecule has 2 fully saturated rings. The van der Waals surface area contributed by atoms with Crippen molar-refractivity contribution in [2.24, 2.45) is 17.5 Å². The van der Waals surface area contributed by atoms with Crippen LogP contribution >= 0.6 is 0 Å². The van der Waals surface area contributed by atoms with Gasteiger partial charge in [-0.1, -0.05) is 33.1 Å². The first-order chi connectivity index (χ1) is 13.5. The lowest BCUT2D eigenvalue weighted by Gasteiger charge is -2.55. The number of aliphatic imine (C=N–C) groups is 1. The Kier molecular flexibility index (Phi) is 6.96. The average Bonchev–Trinajstić information content (AvgIpc) is 3.02. The molecular weight excluding hydrogens is 352 g/mol. The fraction of sp³-hybridized carbons (Fsp3) is 0.857. The van der Waals surface area contributed by atoms with Gasteiger partial charge in [-0.2, -0.15) is 0 Å². The van der Waals surface area contributed by atoms with Gasteiger partial charge in [0.15, 0.2) is 11.8 Å². The van der Waals surface area contributed by atoms with E-state index in [0.29, 0.717) is 24.7 Å². The lowest BCUT2D eigenvalue weighted by molar-refractivity contribution is -0.118. The van der Waals surface area contributed by atoms with Gasteiger partial charge in [0.05, 0.1) is 6.10 Å². The summed E-state index contributed by atoms with van der Waals surface area (Å²) in [7, 11) is 3.84. The topological polar surface area (TPSA) is 76.4 Å². The van der Waals surface area contributed by atoms with Gasteiger partial charge in [-0.25, -0.2) is 4.99 Å². The van der Waals surface area contributed by atoms with Crippen molar-refractivity contribution in [1.82, 2.24) is 25.4 Å². The van der Waals surface area contributed by atoms with Gasteiger partial charge in [-0.05, 0) is 39.0 Å². The third kappa shape index (κ3) is 4.19. The van der Waals surface area contributed by atoms with Crippen LogP contribution in [0.3, 0.4) is 0 Å². The van der Waals surface area contributed by atoms with Crippen molar-refractivity contribution in [1.29, 1.82) is 0 Å². The van der Waals surface area contributed by atoms with E-state index in [1.54, 1.807) is 0 Å². The van der Waals surface area contributed by atoms with E-state index < -0.39 is 0 Å². The summed E-state index contributed by atoms with van der Waals surface area (Å²) in [6, 6.07) is 0.903. The molecule has 1 aromatic heterocycles. The van der Waals surface area contributed by atoms with Crippen LogP contribution in [0.2, 0.25) is 0 Å². The Labute approximate surface area is 169 Å². The van der Waals surface area contributed by atoms with Crippen molar-refractivity contribution in [3.05, 3.63) is 11.6 Å². The first-order valence-electron chi connectivity index (χ1n) is 11.0. The van der Waals surface area contributed by atoms with Crippen molar-refractivity contribution >= 4 is 5.96 Å². The lowest BCUT2D eigenvalue weighted by atomic mass is 9.58. The Balaban J connectivity index is 1.73. The zero-order valence-electron chi connectivity index (χ0n) is 18.3. The molecule has 0 saturated heterocycles. The van der Waals surface area contributed by atoms with E-state index in [1.807, 2.05) is 25.6 Å². The molecule has 0 bridgehead atoms. The maximum atomic E-state index is 5.77. The van der Waals surface area contributed by atoms with Crippen LogP contribution in [0.15, 0.2) is 4.99 Å². The minimum absolute atomic E-state index is 0.186. The first-order valence-corrected chi connectivity index (χ1v) is 11.0. The van der Waals surface area contributed by atoms with Crippen molar-refractivity contribution in [2.75, 3.05) is 7.11 Å². The number of ether oxygens (including phenoxy) is 1.